The zero-order valence-corrected chi connectivity index (χ0v) is 20.1. The van der Waals surface area contributed by atoms with Crippen molar-refractivity contribution in [3.63, 3.8) is 0 Å². The fraction of sp³-hybridized carbons (Fsp3) is 0.500. The van der Waals surface area contributed by atoms with Crippen molar-refractivity contribution < 1.29 is 24.3 Å². The first-order valence-corrected chi connectivity index (χ1v) is 11.5. The maximum absolute atomic E-state index is 13.3. The van der Waals surface area contributed by atoms with Gasteiger partial charge in [-0.25, -0.2) is 4.79 Å². The zero-order chi connectivity index (χ0) is 25.4. The summed E-state index contributed by atoms with van der Waals surface area (Å²) in [7, 11) is 0. The Balaban J connectivity index is 2.27. The van der Waals surface area contributed by atoms with E-state index in [0.717, 1.165) is 16.5 Å². The lowest BCUT2D eigenvalue weighted by Crippen LogP contribution is -2.59. The molecule has 2 aromatic rings. The number of carboxylic acid groups (broad SMARTS) is 1. The van der Waals surface area contributed by atoms with Gasteiger partial charge >= 0.3 is 5.97 Å². The molecule has 0 aliphatic rings. The Morgan fingerprint density at radius 1 is 1.00 bits per heavy atom. The Morgan fingerprint density at radius 2 is 1.65 bits per heavy atom. The molecule has 10 heteroatoms. The number of aromatic nitrogens is 1. The van der Waals surface area contributed by atoms with Crippen molar-refractivity contribution in [3.05, 3.63) is 36.0 Å². The number of benzene rings is 1. The van der Waals surface area contributed by atoms with Gasteiger partial charge in [0.1, 0.15) is 18.1 Å². The van der Waals surface area contributed by atoms with Crippen LogP contribution >= 0.6 is 0 Å². The van der Waals surface area contributed by atoms with Crippen LogP contribution in [0.4, 0.5) is 0 Å². The maximum atomic E-state index is 13.3. The normalized spacial score (nSPS) is 14.8. The van der Waals surface area contributed by atoms with Gasteiger partial charge in [0.25, 0.3) is 0 Å². The average molecular weight is 474 g/mol. The summed E-state index contributed by atoms with van der Waals surface area (Å²) in [5.74, 6) is -3.40. The topological polar surface area (TPSA) is 166 Å². The SMILES string of the molecule is CCC(C)C(NC(=O)C(Cc1c[nH]c2ccccc12)NC(=O)CN)C(=O)NC(C(=O)O)C(C)C. The predicted octanol–water partition coefficient (Wildman–Crippen LogP) is 0.910. The maximum Gasteiger partial charge on any atom is 0.326 e. The third-order valence-corrected chi connectivity index (χ3v) is 5.96. The van der Waals surface area contributed by atoms with Crippen LogP contribution < -0.4 is 21.7 Å². The van der Waals surface area contributed by atoms with Gasteiger partial charge in [-0.05, 0) is 23.5 Å². The Kier molecular flexibility index (Phi) is 9.61. The molecule has 4 unspecified atom stereocenters. The number of para-hydroxylation sites is 1. The second-order valence-electron chi connectivity index (χ2n) is 8.83. The Morgan fingerprint density at radius 3 is 2.24 bits per heavy atom. The molecule has 1 aromatic carbocycles. The van der Waals surface area contributed by atoms with E-state index < -0.39 is 41.8 Å². The highest BCUT2D eigenvalue weighted by atomic mass is 16.4. The third-order valence-electron chi connectivity index (χ3n) is 5.96. The lowest BCUT2D eigenvalue weighted by Gasteiger charge is -2.28. The van der Waals surface area contributed by atoms with Gasteiger partial charge in [-0.2, -0.15) is 0 Å². The van der Waals surface area contributed by atoms with Gasteiger partial charge in [-0.1, -0.05) is 52.3 Å². The molecule has 1 heterocycles. The molecule has 3 amide bonds. The Labute approximate surface area is 199 Å². The number of amides is 3. The second-order valence-corrected chi connectivity index (χ2v) is 8.83. The van der Waals surface area contributed by atoms with Gasteiger partial charge in [0, 0.05) is 23.5 Å². The van der Waals surface area contributed by atoms with E-state index in [1.54, 1.807) is 27.0 Å². The summed E-state index contributed by atoms with van der Waals surface area (Å²) >= 11 is 0. The van der Waals surface area contributed by atoms with Crippen LogP contribution in [0.3, 0.4) is 0 Å². The number of aliphatic carboxylic acids is 1. The largest absolute Gasteiger partial charge is 0.480 e. The van der Waals surface area contributed by atoms with Crippen molar-refractivity contribution in [1.29, 1.82) is 0 Å². The molecule has 10 nitrogen and oxygen atoms in total. The van der Waals surface area contributed by atoms with Gasteiger partial charge < -0.3 is 31.8 Å². The molecule has 4 atom stereocenters. The number of rotatable bonds is 12. The standard InChI is InChI=1S/C24H35N5O5/c1-5-14(4)21(23(32)28-20(13(2)3)24(33)34)29-22(31)18(27-19(30)11-25)10-15-12-26-17-9-7-6-8-16(15)17/h6-9,12-14,18,20-21,26H,5,10-11,25H2,1-4H3,(H,27,30)(H,28,32)(H,29,31)(H,33,34). The Bertz CT molecular complexity index is 1020. The lowest BCUT2D eigenvalue weighted by molar-refractivity contribution is -0.144. The van der Waals surface area contributed by atoms with E-state index in [4.69, 9.17) is 5.73 Å². The number of carbonyl (C=O) groups is 4. The number of hydrogen-bond donors (Lipinski definition) is 6. The smallest absolute Gasteiger partial charge is 0.326 e. The van der Waals surface area contributed by atoms with E-state index in [1.165, 1.54) is 0 Å². The van der Waals surface area contributed by atoms with Crippen LogP contribution in [0.5, 0.6) is 0 Å². The number of aromatic amines is 1. The molecule has 0 aliphatic heterocycles. The average Bonchev–Trinajstić information content (AvgIpc) is 3.21. The van der Waals surface area contributed by atoms with Crippen molar-refractivity contribution in [3.8, 4) is 0 Å². The quantitative estimate of drug-likeness (QED) is 0.268. The Hall–Kier alpha value is -3.40. The minimum absolute atomic E-state index is 0.181. The molecular weight excluding hydrogens is 438 g/mol. The van der Waals surface area contributed by atoms with Gasteiger partial charge in [0.15, 0.2) is 0 Å². The van der Waals surface area contributed by atoms with Crippen molar-refractivity contribution in [1.82, 2.24) is 20.9 Å². The highest BCUT2D eigenvalue weighted by molar-refractivity contribution is 5.94. The van der Waals surface area contributed by atoms with E-state index in [-0.39, 0.29) is 24.8 Å². The number of hydrogen-bond acceptors (Lipinski definition) is 5. The number of carboxylic acids is 1. The van der Waals surface area contributed by atoms with Crippen molar-refractivity contribution >= 4 is 34.6 Å². The number of carbonyl (C=O) groups excluding carboxylic acids is 3. The zero-order valence-electron chi connectivity index (χ0n) is 20.1. The molecule has 186 valence electrons. The second kappa shape index (κ2) is 12.2. The van der Waals surface area contributed by atoms with Crippen LogP contribution in [-0.2, 0) is 25.6 Å². The van der Waals surface area contributed by atoms with Crippen LogP contribution in [0.25, 0.3) is 10.9 Å². The van der Waals surface area contributed by atoms with Crippen LogP contribution in [0.2, 0.25) is 0 Å². The molecule has 0 saturated carbocycles. The van der Waals surface area contributed by atoms with Gasteiger partial charge in [-0.15, -0.1) is 0 Å². The van der Waals surface area contributed by atoms with Gasteiger partial charge in [0.05, 0.1) is 6.54 Å². The van der Waals surface area contributed by atoms with E-state index in [2.05, 4.69) is 20.9 Å². The minimum Gasteiger partial charge on any atom is -0.480 e. The molecule has 7 N–H and O–H groups in total. The summed E-state index contributed by atoms with van der Waals surface area (Å²) in [5.41, 5.74) is 7.16. The highest BCUT2D eigenvalue weighted by Crippen LogP contribution is 2.19. The van der Waals surface area contributed by atoms with Crippen molar-refractivity contribution in [2.75, 3.05) is 6.54 Å². The lowest BCUT2D eigenvalue weighted by atomic mass is 9.96. The summed E-state index contributed by atoms with van der Waals surface area (Å²) in [5, 5.41) is 18.2. The molecule has 0 bridgehead atoms. The molecule has 0 saturated heterocycles. The van der Waals surface area contributed by atoms with E-state index in [1.807, 2.05) is 31.2 Å². The first-order valence-electron chi connectivity index (χ1n) is 11.5. The van der Waals surface area contributed by atoms with E-state index in [0.29, 0.717) is 6.42 Å². The molecule has 0 radical (unpaired) electrons. The van der Waals surface area contributed by atoms with E-state index >= 15 is 0 Å². The summed E-state index contributed by atoms with van der Waals surface area (Å²) in [6.45, 7) is 6.75. The summed E-state index contributed by atoms with van der Waals surface area (Å²) in [6, 6.07) is 4.55. The molecule has 1 aromatic heterocycles. The van der Waals surface area contributed by atoms with Crippen LogP contribution in [-0.4, -0.2) is 58.5 Å². The van der Waals surface area contributed by atoms with E-state index in [9.17, 15) is 24.3 Å². The number of fused-ring (bicyclic) bond motifs is 1. The van der Waals surface area contributed by atoms with Crippen LogP contribution in [0, 0.1) is 11.8 Å². The monoisotopic (exact) mass is 473 g/mol. The minimum atomic E-state index is -1.15. The predicted molar refractivity (Wildman–Crippen MR) is 129 cm³/mol. The number of nitrogens with two attached hydrogens (primary N) is 1. The number of nitrogens with one attached hydrogen (secondary N) is 4. The molecule has 0 aliphatic carbocycles. The highest BCUT2D eigenvalue weighted by Gasteiger charge is 2.33. The number of H-pyrrole nitrogens is 1. The fourth-order valence-electron chi connectivity index (χ4n) is 3.70. The van der Waals surface area contributed by atoms with Crippen molar-refractivity contribution in [2.24, 2.45) is 17.6 Å². The summed E-state index contributed by atoms with van der Waals surface area (Å²) in [4.78, 5) is 53.0. The van der Waals surface area contributed by atoms with Gasteiger partial charge in [0.2, 0.25) is 17.7 Å². The fourth-order valence-corrected chi connectivity index (χ4v) is 3.70. The molecular formula is C24H35N5O5. The molecule has 0 spiro atoms. The van der Waals surface area contributed by atoms with Crippen LogP contribution in [0.1, 0.15) is 39.7 Å². The van der Waals surface area contributed by atoms with Gasteiger partial charge in [-0.3, -0.25) is 14.4 Å². The summed E-state index contributed by atoms with van der Waals surface area (Å²) < 4.78 is 0. The molecule has 2 rings (SSSR count). The first kappa shape index (κ1) is 26.8. The third kappa shape index (κ3) is 6.80. The summed E-state index contributed by atoms with van der Waals surface area (Å²) in [6.07, 6.45) is 2.53. The first-order chi connectivity index (χ1) is 16.1. The molecule has 34 heavy (non-hydrogen) atoms. The van der Waals surface area contributed by atoms with Crippen LogP contribution in [0.15, 0.2) is 30.5 Å². The molecule has 0 fully saturated rings. The van der Waals surface area contributed by atoms with Crippen molar-refractivity contribution in [2.45, 2.75) is 58.7 Å².